The number of carbonyl (C=O) groups is 1. The molecular formula is C17H15ClFNO3. The summed E-state index contributed by atoms with van der Waals surface area (Å²) in [5, 5.41) is -0.0572. The molecule has 4 nitrogen and oxygen atoms in total. The zero-order chi connectivity index (χ0) is 16.4. The van der Waals surface area contributed by atoms with Crippen LogP contribution in [0.4, 0.5) is 4.39 Å². The lowest BCUT2D eigenvalue weighted by Gasteiger charge is -2.39. The molecular weight excluding hydrogens is 321 g/mol. The van der Waals surface area contributed by atoms with Gasteiger partial charge < -0.3 is 14.4 Å². The minimum atomic E-state index is -0.538. The normalized spacial score (nSPS) is 14.3. The van der Waals surface area contributed by atoms with Crippen LogP contribution in [0.15, 0.2) is 42.5 Å². The summed E-state index contributed by atoms with van der Waals surface area (Å²) in [5.74, 6) is 0.579. The third kappa shape index (κ3) is 3.24. The van der Waals surface area contributed by atoms with Crippen LogP contribution in [-0.2, 0) is 0 Å². The van der Waals surface area contributed by atoms with Crippen LogP contribution < -0.4 is 9.47 Å². The van der Waals surface area contributed by atoms with Crippen molar-refractivity contribution in [1.29, 1.82) is 0 Å². The number of methoxy groups -OCH3 is 1. The summed E-state index contributed by atoms with van der Waals surface area (Å²) in [6.45, 7) is 0.928. The summed E-state index contributed by atoms with van der Waals surface area (Å²) in [7, 11) is 1.58. The minimum Gasteiger partial charge on any atom is -0.493 e. The summed E-state index contributed by atoms with van der Waals surface area (Å²) in [6.07, 6.45) is -0.0915. The second kappa shape index (κ2) is 6.46. The van der Waals surface area contributed by atoms with E-state index in [1.807, 2.05) is 24.3 Å². The van der Waals surface area contributed by atoms with E-state index in [4.69, 9.17) is 21.1 Å². The molecule has 0 bridgehead atoms. The van der Waals surface area contributed by atoms with Gasteiger partial charge in [0, 0.05) is 5.56 Å². The first-order valence-electron chi connectivity index (χ1n) is 7.12. The minimum absolute atomic E-state index is 0.0572. The Bertz CT molecular complexity index is 732. The quantitative estimate of drug-likeness (QED) is 0.859. The topological polar surface area (TPSA) is 38.8 Å². The first kappa shape index (κ1) is 15.6. The zero-order valence-electron chi connectivity index (χ0n) is 12.5. The van der Waals surface area contributed by atoms with E-state index in [2.05, 4.69) is 0 Å². The Morgan fingerprint density at radius 2 is 1.91 bits per heavy atom. The summed E-state index contributed by atoms with van der Waals surface area (Å²) in [6, 6.07) is 11.3. The van der Waals surface area contributed by atoms with Crippen molar-refractivity contribution in [2.75, 3.05) is 20.2 Å². The first-order valence-corrected chi connectivity index (χ1v) is 7.50. The highest BCUT2D eigenvalue weighted by Crippen LogP contribution is 2.29. The summed E-state index contributed by atoms with van der Waals surface area (Å²) in [5.41, 5.74) is 0.368. The Morgan fingerprint density at radius 3 is 2.57 bits per heavy atom. The van der Waals surface area contributed by atoms with Gasteiger partial charge in [0.25, 0.3) is 5.91 Å². The molecule has 0 saturated carbocycles. The van der Waals surface area contributed by atoms with Crippen molar-refractivity contribution >= 4 is 17.5 Å². The van der Waals surface area contributed by atoms with Crippen LogP contribution in [0.3, 0.4) is 0 Å². The molecule has 2 aromatic carbocycles. The molecule has 0 atom stereocenters. The van der Waals surface area contributed by atoms with E-state index in [1.54, 1.807) is 12.0 Å². The predicted octanol–water partition coefficient (Wildman–Crippen LogP) is 3.39. The number of amides is 1. The molecule has 0 radical (unpaired) electrons. The summed E-state index contributed by atoms with van der Waals surface area (Å²) in [4.78, 5) is 13.9. The van der Waals surface area contributed by atoms with Gasteiger partial charge in [-0.15, -0.1) is 0 Å². The second-order valence-electron chi connectivity index (χ2n) is 5.23. The molecule has 3 rings (SSSR count). The number of carbonyl (C=O) groups excluding carboxylic acids is 1. The molecule has 2 aromatic rings. The summed E-state index contributed by atoms with van der Waals surface area (Å²) >= 11 is 5.71. The highest BCUT2D eigenvalue weighted by molar-refractivity contribution is 6.31. The number of benzene rings is 2. The maximum atomic E-state index is 13.1. The van der Waals surface area contributed by atoms with Gasteiger partial charge in [-0.2, -0.15) is 0 Å². The second-order valence-corrected chi connectivity index (χ2v) is 5.64. The van der Waals surface area contributed by atoms with Crippen LogP contribution in [0.1, 0.15) is 10.4 Å². The highest BCUT2D eigenvalue weighted by Gasteiger charge is 2.33. The van der Waals surface area contributed by atoms with Crippen molar-refractivity contribution in [2.24, 2.45) is 0 Å². The molecule has 1 fully saturated rings. The van der Waals surface area contributed by atoms with Crippen molar-refractivity contribution < 1.29 is 18.7 Å². The van der Waals surface area contributed by atoms with Crippen molar-refractivity contribution in [2.45, 2.75) is 6.10 Å². The molecule has 0 aromatic heterocycles. The number of halogens is 2. The molecule has 1 amide bonds. The molecule has 23 heavy (non-hydrogen) atoms. The van der Waals surface area contributed by atoms with E-state index in [0.29, 0.717) is 30.2 Å². The summed E-state index contributed by atoms with van der Waals surface area (Å²) < 4.78 is 24.2. The molecule has 6 heteroatoms. The number of ether oxygens (including phenoxy) is 2. The molecule has 0 unspecified atom stereocenters. The molecule has 1 aliphatic heterocycles. The number of hydrogen-bond donors (Lipinski definition) is 0. The fraction of sp³-hybridized carbons (Fsp3) is 0.235. The van der Waals surface area contributed by atoms with Crippen molar-refractivity contribution in [3.8, 4) is 11.5 Å². The standard InChI is InChI=1S/C17H15ClFNO3/c1-22-15-4-2-3-5-16(15)23-12-9-20(10-12)17(21)11-6-7-14(19)13(18)8-11/h2-8,12H,9-10H2,1H3. The van der Waals surface area contributed by atoms with Gasteiger partial charge in [-0.1, -0.05) is 23.7 Å². The van der Waals surface area contributed by atoms with Gasteiger partial charge in [0.2, 0.25) is 0 Å². The van der Waals surface area contributed by atoms with E-state index in [-0.39, 0.29) is 17.0 Å². The van der Waals surface area contributed by atoms with Crippen LogP contribution in [0.5, 0.6) is 11.5 Å². The average Bonchev–Trinajstić information content (AvgIpc) is 2.53. The lowest BCUT2D eigenvalue weighted by atomic mass is 10.1. The van der Waals surface area contributed by atoms with Crippen LogP contribution in [0.25, 0.3) is 0 Å². The molecule has 120 valence electrons. The monoisotopic (exact) mass is 335 g/mol. The SMILES string of the molecule is COc1ccccc1OC1CN(C(=O)c2ccc(F)c(Cl)c2)C1. The number of para-hydroxylation sites is 2. The largest absolute Gasteiger partial charge is 0.493 e. The van der Waals surface area contributed by atoms with Gasteiger partial charge in [0.1, 0.15) is 11.9 Å². The van der Waals surface area contributed by atoms with Crippen molar-refractivity contribution in [1.82, 2.24) is 4.90 Å². The van der Waals surface area contributed by atoms with E-state index in [1.165, 1.54) is 18.2 Å². The molecule has 0 N–H and O–H groups in total. The molecule has 0 aliphatic carbocycles. The highest BCUT2D eigenvalue weighted by atomic mass is 35.5. The van der Waals surface area contributed by atoms with E-state index in [9.17, 15) is 9.18 Å². The Kier molecular flexibility index (Phi) is 4.39. The van der Waals surface area contributed by atoms with Gasteiger partial charge >= 0.3 is 0 Å². The average molecular weight is 336 g/mol. The Hall–Kier alpha value is -2.27. The van der Waals surface area contributed by atoms with Crippen LogP contribution in [0, 0.1) is 5.82 Å². The Balaban J connectivity index is 1.60. The van der Waals surface area contributed by atoms with Crippen molar-refractivity contribution in [3.05, 3.63) is 58.9 Å². The van der Waals surface area contributed by atoms with E-state index in [0.717, 1.165) is 0 Å². The third-order valence-corrected chi connectivity index (χ3v) is 3.95. The maximum Gasteiger partial charge on any atom is 0.254 e. The molecule has 1 saturated heterocycles. The maximum absolute atomic E-state index is 13.1. The van der Waals surface area contributed by atoms with Crippen LogP contribution in [-0.4, -0.2) is 37.1 Å². The van der Waals surface area contributed by atoms with E-state index < -0.39 is 5.82 Å². The predicted molar refractivity (Wildman–Crippen MR) is 84.7 cm³/mol. The lowest BCUT2D eigenvalue weighted by molar-refractivity contribution is 0.0169. The van der Waals surface area contributed by atoms with Gasteiger partial charge in [0.05, 0.1) is 25.2 Å². The van der Waals surface area contributed by atoms with Gasteiger partial charge in [-0.25, -0.2) is 4.39 Å². The van der Waals surface area contributed by atoms with E-state index >= 15 is 0 Å². The molecule has 1 aliphatic rings. The van der Waals surface area contributed by atoms with Crippen LogP contribution in [0.2, 0.25) is 5.02 Å². The van der Waals surface area contributed by atoms with Gasteiger partial charge in [-0.3, -0.25) is 4.79 Å². The number of likely N-dealkylation sites (tertiary alicyclic amines) is 1. The zero-order valence-corrected chi connectivity index (χ0v) is 13.2. The van der Waals surface area contributed by atoms with Gasteiger partial charge in [-0.05, 0) is 30.3 Å². The fourth-order valence-electron chi connectivity index (χ4n) is 2.39. The first-order chi connectivity index (χ1) is 11.1. The van der Waals surface area contributed by atoms with Crippen molar-refractivity contribution in [3.63, 3.8) is 0 Å². The smallest absolute Gasteiger partial charge is 0.254 e. The Morgan fingerprint density at radius 1 is 1.22 bits per heavy atom. The number of nitrogens with zero attached hydrogens (tertiary/aromatic N) is 1. The number of rotatable bonds is 4. The number of hydrogen-bond acceptors (Lipinski definition) is 3. The molecule has 1 heterocycles. The third-order valence-electron chi connectivity index (χ3n) is 3.66. The van der Waals surface area contributed by atoms with Gasteiger partial charge in [0.15, 0.2) is 11.5 Å². The fourth-order valence-corrected chi connectivity index (χ4v) is 2.57. The molecule has 0 spiro atoms. The lowest BCUT2D eigenvalue weighted by Crippen LogP contribution is -2.56. The van der Waals surface area contributed by atoms with Crippen LogP contribution >= 0.6 is 11.6 Å². The Labute approximate surface area is 138 Å².